The Balaban J connectivity index is 1.30. The molecule has 6 N–H and O–H groups in total. The Labute approximate surface area is 230 Å². The van der Waals surface area contributed by atoms with Gasteiger partial charge in [-0.05, 0) is 48.2 Å². The van der Waals surface area contributed by atoms with E-state index in [1.165, 1.54) is 34.6 Å². The first-order chi connectivity index (χ1) is 18.3. The van der Waals surface area contributed by atoms with Crippen LogP contribution >= 0.6 is 11.3 Å². The molecule has 0 radical (unpaired) electrons. The predicted octanol–water partition coefficient (Wildman–Crippen LogP) is 1.29. The average Bonchev–Trinajstić information content (AvgIpc) is 3.19. The van der Waals surface area contributed by atoms with Crippen LogP contribution in [0.5, 0.6) is 11.6 Å². The maximum absolute atomic E-state index is 13.1. The average molecular weight is 599 g/mol. The van der Waals surface area contributed by atoms with Crippen LogP contribution in [0.1, 0.15) is 34.9 Å². The maximum atomic E-state index is 13.1. The van der Waals surface area contributed by atoms with Gasteiger partial charge in [0, 0.05) is 32.1 Å². The number of sulfonamides is 2. The van der Waals surface area contributed by atoms with Crippen molar-refractivity contribution in [3.05, 3.63) is 68.1 Å². The Hall–Kier alpha value is -2.95. The predicted molar refractivity (Wildman–Crippen MR) is 147 cm³/mol. The second kappa shape index (κ2) is 11.7. The second-order valence-electron chi connectivity index (χ2n) is 9.36. The molecule has 1 saturated heterocycles. The molecule has 1 aliphatic rings. The third kappa shape index (κ3) is 7.38. The fourth-order valence-corrected chi connectivity index (χ4v) is 7.12. The minimum atomic E-state index is -3.70. The van der Waals surface area contributed by atoms with Crippen molar-refractivity contribution in [1.82, 2.24) is 14.6 Å². The number of piperidine rings is 1. The number of aliphatic hydroxyl groups excluding tert-OH is 1. The van der Waals surface area contributed by atoms with Gasteiger partial charge in [0.1, 0.15) is 5.75 Å². The molecule has 3 aromatic rings. The molecule has 1 atom stereocenters. The Morgan fingerprint density at radius 2 is 1.74 bits per heavy atom. The van der Waals surface area contributed by atoms with E-state index in [0.29, 0.717) is 42.8 Å². The van der Waals surface area contributed by atoms with E-state index in [9.17, 15) is 36.9 Å². The Kier molecular flexibility index (Phi) is 8.68. The summed E-state index contributed by atoms with van der Waals surface area (Å²) in [4.78, 5) is 14.0. The summed E-state index contributed by atoms with van der Waals surface area (Å²) in [6, 6.07) is 10.5. The molecule has 2 heterocycles. The highest BCUT2D eigenvalue weighted by molar-refractivity contribution is 7.92. The number of aliphatic hydroxyl groups is 1. The molecular formula is C24H30N4O8S3. The number of rotatable bonds is 10. The largest absolute Gasteiger partial charge is 0.506 e. The van der Waals surface area contributed by atoms with Gasteiger partial charge >= 0.3 is 4.87 Å². The van der Waals surface area contributed by atoms with E-state index in [1.807, 2.05) is 0 Å². The number of hydrogen-bond donors (Lipinski definition) is 6. The molecule has 12 nitrogen and oxygen atoms in total. The molecular weight excluding hydrogens is 568 g/mol. The highest BCUT2D eigenvalue weighted by Gasteiger charge is 2.29. The van der Waals surface area contributed by atoms with Crippen LogP contribution in [-0.4, -0.2) is 73.4 Å². The van der Waals surface area contributed by atoms with Gasteiger partial charge in [0.25, 0.3) is 0 Å². The van der Waals surface area contributed by atoms with Gasteiger partial charge < -0.3 is 20.6 Å². The summed E-state index contributed by atoms with van der Waals surface area (Å²) in [5, 5.41) is 33.4. The van der Waals surface area contributed by atoms with E-state index in [1.54, 1.807) is 12.1 Å². The van der Waals surface area contributed by atoms with Crippen molar-refractivity contribution in [2.45, 2.75) is 36.3 Å². The fraction of sp³-hybridized carbons (Fsp3) is 0.375. The number of H-pyrrole nitrogens is 1. The third-order valence-electron chi connectivity index (χ3n) is 6.38. The molecule has 0 bridgehead atoms. The van der Waals surface area contributed by atoms with Crippen molar-refractivity contribution in [3.63, 3.8) is 0 Å². The number of nitrogens with zero attached hydrogens (tertiary/aromatic N) is 1. The Morgan fingerprint density at radius 1 is 1.08 bits per heavy atom. The van der Waals surface area contributed by atoms with E-state index in [0.717, 1.165) is 23.2 Å². The lowest BCUT2D eigenvalue weighted by molar-refractivity contribution is 0.162. The summed E-state index contributed by atoms with van der Waals surface area (Å²) in [7, 11) is -7.31. The van der Waals surface area contributed by atoms with Gasteiger partial charge in [-0.1, -0.05) is 29.5 Å². The van der Waals surface area contributed by atoms with Crippen LogP contribution in [0.3, 0.4) is 0 Å². The first-order valence-corrected chi connectivity index (χ1v) is 16.2. The summed E-state index contributed by atoms with van der Waals surface area (Å²) in [5.41, 5.74) is 1.14. The van der Waals surface area contributed by atoms with Gasteiger partial charge in [-0.3, -0.25) is 14.5 Å². The lowest BCUT2D eigenvalue weighted by atomic mass is 10.0. The molecule has 0 amide bonds. The van der Waals surface area contributed by atoms with Crippen LogP contribution in [0.4, 0.5) is 5.69 Å². The lowest BCUT2D eigenvalue weighted by Crippen LogP contribution is -2.45. The molecule has 0 spiro atoms. The van der Waals surface area contributed by atoms with E-state index in [-0.39, 0.29) is 39.7 Å². The molecule has 1 aromatic heterocycles. The zero-order chi connectivity index (χ0) is 28.4. The maximum Gasteiger partial charge on any atom is 0.307 e. The number of aromatic hydroxyl groups is 2. The second-order valence-corrected chi connectivity index (χ2v) is 14.1. The topological polar surface area (TPSA) is 189 Å². The van der Waals surface area contributed by atoms with Crippen LogP contribution in [0.15, 0.2) is 52.2 Å². The normalized spacial score (nSPS) is 16.3. The summed E-state index contributed by atoms with van der Waals surface area (Å²) < 4.78 is 52.9. The Morgan fingerprint density at radius 3 is 2.33 bits per heavy atom. The van der Waals surface area contributed by atoms with Crippen molar-refractivity contribution < 1.29 is 32.2 Å². The molecule has 39 heavy (non-hydrogen) atoms. The fourth-order valence-electron chi connectivity index (χ4n) is 4.32. The van der Waals surface area contributed by atoms with Gasteiger partial charge in [-0.2, -0.15) is 4.31 Å². The highest BCUT2D eigenvalue weighted by atomic mass is 32.2. The molecule has 4 rings (SSSR count). The van der Waals surface area contributed by atoms with Crippen LogP contribution in [0.25, 0.3) is 0 Å². The van der Waals surface area contributed by atoms with Gasteiger partial charge in [-0.25, -0.2) is 16.8 Å². The number of benzene rings is 2. The number of phenolic OH excluding ortho intramolecular Hbond substituents is 1. The molecule has 15 heteroatoms. The molecule has 0 saturated carbocycles. The van der Waals surface area contributed by atoms with E-state index >= 15 is 0 Å². The van der Waals surface area contributed by atoms with Crippen molar-refractivity contribution in [3.8, 4) is 11.6 Å². The molecule has 1 unspecified atom stereocenters. The quantitative estimate of drug-likeness (QED) is 0.187. The number of phenols is 1. The van der Waals surface area contributed by atoms with Gasteiger partial charge in [0.15, 0.2) is 0 Å². The van der Waals surface area contributed by atoms with E-state index in [4.69, 9.17) is 0 Å². The van der Waals surface area contributed by atoms with Crippen LogP contribution < -0.4 is 14.9 Å². The lowest BCUT2D eigenvalue weighted by Gasteiger charge is -2.32. The van der Waals surface area contributed by atoms with Crippen LogP contribution in [0.2, 0.25) is 0 Å². The summed E-state index contributed by atoms with van der Waals surface area (Å²) in [6.45, 7) is 0.753. The number of anilines is 1. The molecule has 1 fully saturated rings. The standard InChI is InChI=1S/C24H30N4O8S3/c1-38(33,34)27-19-13-16(4-7-20(19)29)21(30)14-25-17-8-10-28(11-9-17)39(35,36)18-5-2-15(3-6-18)12-22-23(31)26-24(32)37-22/h2-7,13,17,21,25,27,29-31H,8-12,14H2,1H3,(H,26,32). The minimum absolute atomic E-state index is 0.0274. The van der Waals surface area contributed by atoms with Gasteiger partial charge in [-0.15, -0.1) is 0 Å². The number of aromatic amines is 1. The van der Waals surface area contributed by atoms with Crippen LogP contribution in [0, 0.1) is 0 Å². The monoisotopic (exact) mass is 598 g/mol. The van der Waals surface area contributed by atoms with Gasteiger partial charge in [0.2, 0.25) is 25.9 Å². The Bertz CT molecular complexity index is 1580. The first kappa shape index (κ1) is 29.0. The first-order valence-electron chi connectivity index (χ1n) is 12.0. The number of nitrogens with one attached hydrogen (secondary N) is 3. The van der Waals surface area contributed by atoms with Crippen LogP contribution in [-0.2, 0) is 26.5 Å². The number of aromatic nitrogens is 1. The van der Waals surface area contributed by atoms with Gasteiger partial charge in [0.05, 0.1) is 27.8 Å². The zero-order valence-electron chi connectivity index (χ0n) is 21.0. The molecule has 2 aromatic carbocycles. The SMILES string of the molecule is CS(=O)(=O)Nc1cc(C(O)CNC2CCN(S(=O)(=O)c3ccc(Cc4sc(=O)[nH]c4O)cc3)CC2)ccc1O. The highest BCUT2D eigenvalue weighted by Crippen LogP contribution is 2.28. The minimum Gasteiger partial charge on any atom is -0.506 e. The molecule has 0 aliphatic carbocycles. The molecule has 1 aliphatic heterocycles. The molecule has 212 valence electrons. The third-order valence-corrected chi connectivity index (χ3v) is 9.76. The zero-order valence-corrected chi connectivity index (χ0v) is 23.4. The number of hydrogen-bond acceptors (Lipinski definition) is 10. The van der Waals surface area contributed by atoms with E-state index in [2.05, 4.69) is 15.0 Å². The van der Waals surface area contributed by atoms with Crippen molar-refractivity contribution in [2.75, 3.05) is 30.6 Å². The summed E-state index contributed by atoms with van der Waals surface area (Å²) in [6.07, 6.45) is 1.36. The van der Waals surface area contributed by atoms with Crippen molar-refractivity contribution >= 4 is 37.1 Å². The van der Waals surface area contributed by atoms with Crippen molar-refractivity contribution in [1.29, 1.82) is 0 Å². The van der Waals surface area contributed by atoms with E-state index < -0.39 is 26.2 Å². The van der Waals surface area contributed by atoms with Crippen molar-refractivity contribution in [2.24, 2.45) is 0 Å². The summed E-state index contributed by atoms with van der Waals surface area (Å²) >= 11 is 0.905. The number of thiazole rings is 1. The smallest absolute Gasteiger partial charge is 0.307 e. The summed E-state index contributed by atoms with van der Waals surface area (Å²) in [5.74, 6) is -0.437.